The average Bonchev–Trinajstić information content (AvgIpc) is 3.06. The largest absolute Gasteiger partial charge is 0.361 e. The molecule has 0 spiro atoms. The van der Waals surface area contributed by atoms with Crippen LogP contribution < -0.4 is 5.32 Å². The summed E-state index contributed by atoms with van der Waals surface area (Å²) in [6.45, 7) is 4.98. The fourth-order valence-electron chi connectivity index (χ4n) is 2.11. The van der Waals surface area contributed by atoms with Crippen molar-refractivity contribution in [1.82, 2.24) is 19.7 Å². The van der Waals surface area contributed by atoms with Gasteiger partial charge in [-0.2, -0.15) is 5.10 Å². The monoisotopic (exact) mass is 307 g/mol. The predicted octanol–water partition coefficient (Wildman–Crippen LogP) is 3.15. The average molecular weight is 307 g/mol. The Kier molecular flexibility index (Phi) is 3.71. The van der Waals surface area contributed by atoms with Crippen molar-refractivity contribution < 1.29 is 0 Å². The lowest BCUT2D eigenvalue weighted by molar-refractivity contribution is 0.774. The Bertz CT molecular complexity index is 690. The van der Waals surface area contributed by atoms with E-state index < -0.39 is 0 Å². The second-order valence-electron chi connectivity index (χ2n) is 4.79. The van der Waals surface area contributed by atoms with Gasteiger partial charge < -0.3 is 5.32 Å². The molecule has 0 bridgehead atoms. The van der Waals surface area contributed by atoms with Crippen LogP contribution in [0.4, 0.5) is 5.13 Å². The van der Waals surface area contributed by atoms with E-state index in [-0.39, 0.29) is 0 Å². The SMILES string of the molecule is Cc1csc(CCCNc2nc3c(s2)c(C)nn3C)n1. The van der Waals surface area contributed by atoms with Crippen molar-refractivity contribution in [3.8, 4) is 0 Å². The Morgan fingerprint density at radius 3 is 2.85 bits per heavy atom. The van der Waals surface area contributed by atoms with Crippen LogP contribution in [0.1, 0.15) is 22.8 Å². The molecule has 0 aliphatic carbocycles. The molecule has 5 nitrogen and oxygen atoms in total. The normalized spacial score (nSPS) is 11.3. The minimum atomic E-state index is 0.922. The summed E-state index contributed by atoms with van der Waals surface area (Å²) in [6, 6.07) is 0. The van der Waals surface area contributed by atoms with Crippen LogP contribution in [-0.2, 0) is 13.5 Å². The lowest BCUT2D eigenvalue weighted by Crippen LogP contribution is -2.03. The van der Waals surface area contributed by atoms with Gasteiger partial charge in [0.05, 0.1) is 15.4 Å². The molecule has 3 aromatic heterocycles. The Morgan fingerprint density at radius 2 is 2.15 bits per heavy atom. The van der Waals surface area contributed by atoms with E-state index in [1.165, 1.54) is 9.71 Å². The summed E-state index contributed by atoms with van der Waals surface area (Å²) in [5, 5.41) is 12.1. The first-order chi connectivity index (χ1) is 9.63. The van der Waals surface area contributed by atoms with E-state index in [0.717, 1.165) is 41.6 Å². The summed E-state index contributed by atoms with van der Waals surface area (Å²) < 4.78 is 3.01. The van der Waals surface area contributed by atoms with Gasteiger partial charge in [0.2, 0.25) is 0 Å². The number of rotatable bonds is 5. The van der Waals surface area contributed by atoms with Gasteiger partial charge in [-0.3, -0.25) is 0 Å². The molecule has 106 valence electrons. The summed E-state index contributed by atoms with van der Waals surface area (Å²) >= 11 is 3.42. The highest BCUT2D eigenvalue weighted by Crippen LogP contribution is 2.27. The van der Waals surface area contributed by atoms with E-state index in [9.17, 15) is 0 Å². The van der Waals surface area contributed by atoms with Crippen LogP contribution in [0, 0.1) is 13.8 Å². The second kappa shape index (κ2) is 5.49. The van der Waals surface area contributed by atoms with Crippen molar-refractivity contribution in [3.05, 3.63) is 21.8 Å². The van der Waals surface area contributed by atoms with Gasteiger partial charge in [-0.15, -0.1) is 11.3 Å². The minimum Gasteiger partial charge on any atom is -0.361 e. The molecule has 3 aromatic rings. The van der Waals surface area contributed by atoms with Crippen molar-refractivity contribution >= 4 is 38.2 Å². The molecule has 0 atom stereocenters. The Labute approximate surface area is 125 Å². The Hall–Kier alpha value is -1.47. The number of fused-ring (bicyclic) bond motifs is 1. The van der Waals surface area contributed by atoms with Crippen LogP contribution in [0.5, 0.6) is 0 Å². The fourth-order valence-corrected chi connectivity index (χ4v) is 3.89. The second-order valence-corrected chi connectivity index (χ2v) is 6.74. The molecule has 0 fully saturated rings. The molecule has 0 aromatic carbocycles. The van der Waals surface area contributed by atoms with Crippen LogP contribution in [0.15, 0.2) is 5.38 Å². The zero-order valence-electron chi connectivity index (χ0n) is 11.8. The number of hydrogen-bond acceptors (Lipinski definition) is 6. The summed E-state index contributed by atoms with van der Waals surface area (Å²) in [6.07, 6.45) is 2.09. The first-order valence-corrected chi connectivity index (χ1v) is 8.28. The molecule has 0 saturated carbocycles. The van der Waals surface area contributed by atoms with Gasteiger partial charge in [0, 0.05) is 31.1 Å². The molecule has 0 saturated heterocycles. The van der Waals surface area contributed by atoms with Crippen molar-refractivity contribution in [2.24, 2.45) is 7.05 Å². The zero-order valence-corrected chi connectivity index (χ0v) is 13.4. The number of aryl methyl sites for hydroxylation is 4. The van der Waals surface area contributed by atoms with E-state index >= 15 is 0 Å². The van der Waals surface area contributed by atoms with Crippen molar-refractivity contribution in [2.75, 3.05) is 11.9 Å². The molecule has 3 heterocycles. The first kappa shape index (κ1) is 13.5. The van der Waals surface area contributed by atoms with Crippen LogP contribution in [0.3, 0.4) is 0 Å². The lowest BCUT2D eigenvalue weighted by Gasteiger charge is -2.00. The maximum Gasteiger partial charge on any atom is 0.185 e. The van der Waals surface area contributed by atoms with Gasteiger partial charge in [0.15, 0.2) is 10.8 Å². The molecule has 0 radical (unpaired) electrons. The molecule has 0 aliphatic rings. The molecule has 20 heavy (non-hydrogen) atoms. The lowest BCUT2D eigenvalue weighted by atomic mass is 10.3. The van der Waals surface area contributed by atoms with E-state index in [2.05, 4.69) is 25.8 Å². The third-order valence-electron chi connectivity index (χ3n) is 3.05. The van der Waals surface area contributed by atoms with Crippen molar-refractivity contribution in [3.63, 3.8) is 0 Å². The standard InChI is InChI=1S/C13H17N5S2/c1-8-7-19-10(15-8)5-4-6-14-13-16-12-11(20-13)9(2)17-18(12)3/h7H,4-6H2,1-3H3,(H,14,16). The predicted molar refractivity (Wildman–Crippen MR) is 84.8 cm³/mol. The smallest absolute Gasteiger partial charge is 0.185 e. The number of aromatic nitrogens is 4. The van der Waals surface area contributed by atoms with Crippen LogP contribution in [-0.4, -0.2) is 26.3 Å². The highest BCUT2D eigenvalue weighted by molar-refractivity contribution is 7.22. The van der Waals surface area contributed by atoms with Crippen LogP contribution >= 0.6 is 22.7 Å². The van der Waals surface area contributed by atoms with Gasteiger partial charge in [-0.1, -0.05) is 11.3 Å². The van der Waals surface area contributed by atoms with Gasteiger partial charge in [0.1, 0.15) is 0 Å². The number of nitrogens with zero attached hydrogens (tertiary/aromatic N) is 4. The molecule has 0 aliphatic heterocycles. The van der Waals surface area contributed by atoms with Crippen LogP contribution in [0.2, 0.25) is 0 Å². The zero-order chi connectivity index (χ0) is 14.1. The topological polar surface area (TPSA) is 55.6 Å². The quantitative estimate of drug-likeness (QED) is 0.736. The number of hydrogen-bond donors (Lipinski definition) is 1. The summed E-state index contributed by atoms with van der Waals surface area (Å²) in [5.74, 6) is 0. The Balaban J connectivity index is 1.56. The molecular formula is C13H17N5S2. The van der Waals surface area contributed by atoms with Crippen LogP contribution in [0.25, 0.3) is 10.3 Å². The third kappa shape index (κ3) is 2.69. The van der Waals surface area contributed by atoms with Gasteiger partial charge in [-0.05, 0) is 20.3 Å². The molecular weight excluding hydrogens is 290 g/mol. The molecule has 7 heteroatoms. The first-order valence-electron chi connectivity index (χ1n) is 6.58. The Morgan fingerprint density at radius 1 is 1.30 bits per heavy atom. The van der Waals surface area contributed by atoms with E-state index in [0.29, 0.717) is 0 Å². The van der Waals surface area contributed by atoms with Crippen molar-refractivity contribution in [1.29, 1.82) is 0 Å². The number of thiazole rings is 2. The van der Waals surface area contributed by atoms with Crippen molar-refractivity contribution in [2.45, 2.75) is 26.7 Å². The molecule has 3 rings (SSSR count). The fraction of sp³-hybridized carbons (Fsp3) is 0.462. The van der Waals surface area contributed by atoms with Gasteiger partial charge in [-0.25, -0.2) is 14.6 Å². The maximum atomic E-state index is 4.58. The number of anilines is 1. The summed E-state index contributed by atoms with van der Waals surface area (Å²) in [5.41, 5.74) is 3.13. The molecule has 0 amide bonds. The molecule has 0 unspecified atom stereocenters. The van der Waals surface area contributed by atoms with Gasteiger partial charge in [0.25, 0.3) is 0 Å². The highest BCUT2D eigenvalue weighted by Gasteiger charge is 2.11. The summed E-state index contributed by atoms with van der Waals surface area (Å²) in [4.78, 5) is 9.05. The van der Waals surface area contributed by atoms with Gasteiger partial charge >= 0.3 is 0 Å². The van der Waals surface area contributed by atoms with E-state index in [1.54, 1.807) is 22.7 Å². The molecule has 1 N–H and O–H groups in total. The summed E-state index contributed by atoms with van der Waals surface area (Å²) in [7, 11) is 1.93. The van der Waals surface area contributed by atoms with E-state index in [4.69, 9.17) is 0 Å². The maximum absolute atomic E-state index is 4.58. The minimum absolute atomic E-state index is 0.922. The van der Waals surface area contributed by atoms with E-state index in [1.807, 2.05) is 25.6 Å². The third-order valence-corrected chi connectivity index (χ3v) is 5.19. The number of nitrogens with one attached hydrogen (secondary N) is 1. The highest BCUT2D eigenvalue weighted by atomic mass is 32.1.